The van der Waals surface area contributed by atoms with Gasteiger partial charge in [0.15, 0.2) is 6.61 Å². The van der Waals surface area contributed by atoms with Crippen LogP contribution in [0.1, 0.15) is 36.7 Å². The van der Waals surface area contributed by atoms with Gasteiger partial charge in [-0.1, -0.05) is 34.8 Å². The summed E-state index contributed by atoms with van der Waals surface area (Å²) in [5.74, 6) is -1.05. The number of carboxylic acids is 1. The summed E-state index contributed by atoms with van der Waals surface area (Å²) in [6.45, 7) is 5.57. The summed E-state index contributed by atoms with van der Waals surface area (Å²) in [7, 11) is 0. The van der Waals surface area contributed by atoms with Crippen LogP contribution in [0.25, 0.3) is 0 Å². The number of carbonyl (C=O) groups is 2. The van der Waals surface area contributed by atoms with Gasteiger partial charge in [0.25, 0.3) is 5.91 Å². The Balaban J connectivity index is 2.19. The third kappa shape index (κ3) is 6.99. The van der Waals surface area contributed by atoms with E-state index in [1.54, 1.807) is 6.07 Å². The minimum atomic E-state index is -1.07. The smallest absolute Gasteiger partial charge is 0.335 e. The number of rotatable bonds is 7. The highest BCUT2D eigenvalue weighted by Crippen LogP contribution is 2.33. The van der Waals surface area contributed by atoms with E-state index in [-0.39, 0.29) is 35.2 Å². The summed E-state index contributed by atoms with van der Waals surface area (Å²) in [5, 5.41) is 16.0. The van der Waals surface area contributed by atoms with Crippen LogP contribution in [0.3, 0.4) is 0 Å². The Morgan fingerprint density at radius 2 is 1.76 bits per heavy atom. The van der Waals surface area contributed by atoms with Crippen molar-refractivity contribution in [2.24, 2.45) is 0 Å². The molecular formula is C20H21Cl3N2O4. The summed E-state index contributed by atoms with van der Waals surface area (Å²) in [4.78, 5) is 23.2. The van der Waals surface area contributed by atoms with Crippen LogP contribution in [0.2, 0.25) is 15.1 Å². The number of hydrogen-bond acceptors (Lipinski definition) is 4. The van der Waals surface area contributed by atoms with Crippen LogP contribution >= 0.6 is 34.8 Å². The molecule has 6 nitrogen and oxygen atoms in total. The van der Waals surface area contributed by atoms with Crippen LogP contribution < -0.4 is 15.4 Å². The number of hydrogen-bond donors (Lipinski definition) is 3. The Morgan fingerprint density at radius 3 is 2.38 bits per heavy atom. The molecule has 0 aliphatic carbocycles. The fourth-order valence-corrected chi connectivity index (χ4v) is 3.26. The number of halogens is 3. The molecule has 1 amide bonds. The normalized spacial score (nSPS) is 11.1. The summed E-state index contributed by atoms with van der Waals surface area (Å²) in [6, 6.07) is 7.49. The topological polar surface area (TPSA) is 87.7 Å². The Morgan fingerprint density at radius 1 is 1.07 bits per heavy atom. The summed E-state index contributed by atoms with van der Waals surface area (Å²) >= 11 is 18.5. The molecule has 0 aliphatic rings. The maximum atomic E-state index is 12.1. The summed E-state index contributed by atoms with van der Waals surface area (Å²) in [6.07, 6.45) is 0. The van der Waals surface area contributed by atoms with Crippen LogP contribution in [0.15, 0.2) is 30.3 Å². The first-order valence-electron chi connectivity index (χ1n) is 8.64. The van der Waals surface area contributed by atoms with Gasteiger partial charge in [0.1, 0.15) is 5.75 Å². The number of carbonyl (C=O) groups excluding carboxylic acids is 1. The zero-order valence-corrected chi connectivity index (χ0v) is 18.4. The number of benzene rings is 2. The first-order chi connectivity index (χ1) is 13.5. The van der Waals surface area contributed by atoms with E-state index < -0.39 is 5.97 Å². The second kappa shape index (κ2) is 9.57. The number of aromatic carboxylic acids is 1. The van der Waals surface area contributed by atoms with Gasteiger partial charge in [0.05, 0.1) is 21.3 Å². The van der Waals surface area contributed by atoms with Crippen LogP contribution in [-0.2, 0) is 11.3 Å². The van der Waals surface area contributed by atoms with Crippen molar-refractivity contribution in [3.8, 4) is 5.75 Å². The van der Waals surface area contributed by atoms with E-state index in [0.717, 1.165) is 0 Å². The van der Waals surface area contributed by atoms with Gasteiger partial charge in [-0.15, -0.1) is 0 Å². The Bertz CT molecular complexity index is 927. The molecule has 3 N–H and O–H groups in total. The zero-order chi connectivity index (χ0) is 21.8. The quantitative estimate of drug-likeness (QED) is 0.526. The molecule has 29 heavy (non-hydrogen) atoms. The van der Waals surface area contributed by atoms with Crippen molar-refractivity contribution in [1.82, 2.24) is 5.32 Å². The number of anilines is 1. The SMILES string of the molecule is CC(C)(C)NC(=O)COc1c(Cl)cc(Cl)cc1CNc1cc(C(=O)O)ccc1Cl. The Hall–Kier alpha value is -2.15. The Labute approximate surface area is 184 Å². The predicted molar refractivity (Wildman–Crippen MR) is 116 cm³/mol. The van der Waals surface area contributed by atoms with E-state index in [9.17, 15) is 9.59 Å². The lowest BCUT2D eigenvalue weighted by atomic mass is 10.1. The molecular weight excluding hydrogens is 439 g/mol. The van der Waals surface area contributed by atoms with Gasteiger partial charge in [-0.3, -0.25) is 4.79 Å². The molecule has 0 fully saturated rings. The fourth-order valence-electron chi connectivity index (χ4n) is 2.48. The predicted octanol–water partition coefficient (Wildman–Crippen LogP) is 5.25. The maximum Gasteiger partial charge on any atom is 0.335 e. The molecule has 9 heteroatoms. The molecule has 0 radical (unpaired) electrons. The molecule has 0 bridgehead atoms. The van der Waals surface area contributed by atoms with Crippen molar-refractivity contribution >= 4 is 52.4 Å². The third-order valence-corrected chi connectivity index (χ3v) is 4.46. The van der Waals surface area contributed by atoms with E-state index in [1.807, 2.05) is 20.8 Å². The largest absolute Gasteiger partial charge is 0.482 e. The monoisotopic (exact) mass is 458 g/mol. The molecule has 0 heterocycles. The van der Waals surface area contributed by atoms with Crippen molar-refractivity contribution in [3.63, 3.8) is 0 Å². The van der Waals surface area contributed by atoms with Gasteiger partial charge in [0.2, 0.25) is 0 Å². The second-order valence-electron chi connectivity index (χ2n) is 7.32. The van der Waals surface area contributed by atoms with Crippen molar-refractivity contribution in [3.05, 3.63) is 56.5 Å². The van der Waals surface area contributed by atoms with Crippen molar-refractivity contribution in [1.29, 1.82) is 0 Å². The molecule has 0 spiro atoms. The first kappa shape index (κ1) is 23.1. The van der Waals surface area contributed by atoms with E-state index >= 15 is 0 Å². The van der Waals surface area contributed by atoms with E-state index in [4.69, 9.17) is 44.6 Å². The number of carboxylic acid groups (broad SMARTS) is 1. The summed E-state index contributed by atoms with van der Waals surface area (Å²) in [5.41, 5.74) is 0.721. The third-order valence-electron chi connectivity index (χ3n) is 3.63. The molecule has 0 aromatic heterocycles. The number of ether oxygens (including phenoxy) is 1. The van der Waals surface area contributed by atoms with E-state index in [1.165, 1.54) is 24.3 Å². The highest BCUT2D eigenvalue weighted by molar-refractivity contribution is 6.35. The lowest BCUT2D eigenvalue weighted by molar-refractivity contribution is -0.124. The lowest BCUT2D eigenvalue weighted by Gasteiger charge is -2.21. The number of nitrogens with one attached hydrogen (secondary N) is 2. The van der Waals surface area contributed by atoms with Crippen molar-refractivity contribution < 1.29 is 19.4 Å². The number of amides is 1. The molecule has 0 unspecified atom stereocenters. The van der Waals surface area contributed by atoms with Gasteiger partial charge >= 0.3 is 5.97 Å². The summed E-state index contributed by atoms with van der Waals surface area (Å²) < 4.78 is 5.64. The molecule has 0 saturated carbocycles. The van der Waals surface area contributed by atoms with Gasteiger partial charge in [-0.2, -0.15) is 0 Å². The zero-order valence-electron chi connectivity index (χ0n) is 16.1. The van der Waals surface area contributed by atoms with E-state index in [2.05, 4.69) is 10.6 Å². The highest BCUT2D eigenvalue weighted by atomic mass is 35.5. The van der Waals surface area contributed by atoms with Crippen LogP contribution in [0, 0.1) is 0 Å². The average molecular weight is 460 g/mol. The molecule has 156 valence electrons. The van der Waals surface area contributed by atoms with Crippen molar-refractivity contribution in [2.75, 3.05) is 11.9 Å². The lowest BCUT2D eigenvalue weighted by Crippen LogP contribution is -2.43. The van der Waals surface area contributed by atoms with Crippen LogP contribution in [0.4, 0.5) is 5.69 Å². The molecule has 2 aromatic carbocycles. The first-order valence-corrected chi connectivity index (χ1v) is 9.78. The fraction of sp³-hybridized carbons (Fsp3) is 0.300. The molecule has 2 aromatic rings. The van der Waals surface area contributed by atoms with Gasteiger partial charge < -0.3 is 20.5 Å². The maximum absolute atomic E-state index is 12.1. The average Bonchev–Trinajstić information content (AvgIpc) is 2.58. The van der Waals surface area contributed by atoms with E-state index in [0.29, 0.717) is 27.0 Å². The van der Waals surface area contributed by atoms with Crippen LogP contribution in [-0.4, -0.2) is 29.1 Å². The minimum Gasteiger partial charge on any atom is -0.482 e. The minimum absolute atomic E-state index is 0.0938. The van der Waals surface area contributed by atoms with Gasteiger partial charge in [0, 0.05) is 22.7 Å². The molecule has 0 atom stereocenters. The molecule has 0 aliphatic heterocycles. The van der Waals surface area contributed by atoms with Crippen LogP contribution in [0.5, 0.6) is 5.75 Å². The molecule has 2 rings (SSSR count). The molecule has 0 saturated heterocycles. The Kier molecular flexibility index (Phi) is 7.63. The standard InChI is InChI=1S/C20H21Cl3N2O4/c1-20(2,3)25-17(26)10-29-18-12(6-13(21)8-15(18)23)9-24-16-7-11(19(27)28)4-5-14(16)22/h4-8,24H,9-10H2,1-3H3,(H,25,26)(H,27,28). The second-order valence-corrected chi connectivity index (χ2v) is 8.57. The van der Waals surface area contributed by atoms with Crippen molar-refractivity contribution in [2.45, 2.75) is 32.9 Å². The highest BCUT2D eigenvalue weighted by Gasteiger charge is 2.17. The van der Waals surface area contributed by atoms with Gasteiger partial charge in [-0.25, -0.2) is 4.79 Å². The van der Waals surface area contributed by atoms with Gasteiger partial charge in [-0.05, 0) is 51.1 Å².